The van der Waals surface area contributed by atoms with E-state index in [9.17, 15) is 0 Å². The number of rotatable bonds is 5. The Labute approximate surface area is 127 Å². The van der Waals surface area contributed by atoms with Crippen molar-refractivity contribution in [2.75, 3.05) is 0 Å². The molecule has 2 aromatic carbocycles. The van der Waals surface area contributed by atoms with Crippen molar-refractivity contribution in [2.24, 2.45) is 0 Å². The third-order valence-electron chi connectivity index (χ3n) is 4.40. The summed E-state index contributed by atoms with van der Waals surface area (Å²) in [6.07, 6.45) is 2.46. The fraction of sp³-hybridized carbons (Fsp3) is 0.333. The lowest BCUT2D eigenvalue weighted by molar-refractivity contribution is 0.468. The maximum absolute atomic E-state index is 3.78. The van der Waals surface area contributed by atoms with Gasteiger partial charge >= 0.3 is 0 Å². The van der Waals surface area contributed by atoms with Crippen LogP contribution in [0.4, 0.5) is 0 Å². The molecule has 20 heavy (non-hydrogen) atoms. The van der Waals surface area contributed by atoms with Gasteiger partial charge in [-0.1, -0.05) is 67.6 Å². The Morgan fingerprint density at radius 2 is 1.60 bits per heavy atom. The van der Waals surface area contributed by atoms with Gasteiger partial charge in [0.15, 0.2) is 0 Å². The summed E-state index contributed by atoms with van der Waals surface area (Å²) in [7, 11) is 0. The van der Waals surface area contributed by atoms with Crippen LogP contribution in [-0.2, 0) is 6.54 Å². The summed E-state index contributed by atoms with van der Waals surface area (Å²) in [5.74, 6) is 0.683. The minimum Gasteiger partial charge on any atom is -0.307 e. The number of nitrogens with one attached hydrogen (secondary N) is 1. The molecule has 1 N–H and O–H groups in total. The van der Waals surface area contributed by atoms with Gasteiger partial charge in [0, 0.05) is 18.0 Å². The first kappa shape index (κ1) is 15.1. The molecule has 1 saturated carbocycles. The molecule has 0 spiro atoms. The summed E-state index contributed by atoms with van der Waals surface area (Å²) in [5.41, 5.74) is 3.16. The molecule has 0 aromatic heterocycles. The van der Waals surface area contributed by atoms with Crippen LogP contribution in [0.3, 0.4) is 0 Å². The highest BCUT2D eigenvalue weighted by molar-refractivity contribution is 5.85. The van der Waals surface area contributed by atoms with E-state index in [1.165, 1.54) is 24.0 Å². The Bertz CT molecular complexity index is 526. The van der Waals surface area contributed by atoms with Crippen LogP contribution in [0.5, 0.6) is 0 Å². The van der Waals surface area contributed by atoms with Gasteiger partial charge in [0.25, 0.3) is 0 Å². The summed E-state index contributed by atoms with van der Waals surface area (Å²) in [6.45, 7) is 3.26. The number of halogens is 1. The van der Waals surface area contributed by atoms with E-state index in [-0.39, 0.29) is 12.4 Å². The zero-order valence-corrected chi connectivity index (χ0v) is 12.7. The van der Waals surface area contributed by atoms with E-state index < -0.39 is 0 Å². The molecule has 1 aliphatic carbocycles. The topological polar surface area (TPSA) is 12.0 Å². The normalized spacial score (nSPS) is 23.9. The van der Waals surface area contributed by atoms with Crippen molar-refractivity contribution in [3.63, 3.8) is 0 Å². The zero-order chi connectivity index (χ0) is 13.1. The van der Waals surface area contributed by atoms with Crippen molar-refractivity contribution in [1.29, 1.82) is 0 Å². The van der Waals surface area contributed by atoms with Gasteiger partial charge in [0.1, 0.15) is 0 Å². The van der Waals surface area contributed by atoms with Gasteiger partial charge in [-0.2, -0.15) is 0 Å². The van der Waals surface area contributed by atoms with Crippen molar-refractivity contribution in [1.82, 2.24) is 5.32 Å². The smallest absolute Gasteiger partial charge is 0.0257 e. The molecule has 1 nitrogen and oxygen atoms in total. The molecule has 3 rings (SSSR count). The lowest BCUT2D eigenvalue weighted by Crippen LogP contribution is -2.31. The van der Waals surface area contributed by atoms with E-state index in [2.05, 4.69) is 72.9 Å². The summed E-state index contributed by atoms with van der Waals surface area (Å²) in [4.78, 5) is 0. The van der Waals surface area contributed by atoms with E-state index in [1.807, 2.05) is 0 Å². The third kappa shape index (κ3) is 3.05. The van der Waals surface area contributed by atoms with Crippen molar-refractivity contribution >= 4 is 12.4 Å². The second kappa shape index (κ2) is 6.43. The summed E-state index contributed by atoms with van der Waals surface area (Å²) in [5, 5.41) is 3.78. The van der Waals surface area contributed by atoms with Crippen LogP contribution in [0.2, 0.25) is 0 Å². The lowest BCUT2D eigenvalue weighted by atomic mass is 10.0. The second-order valence-electron chi connectivity index (χ2n) is 5.52. The van der Waals surface area contributed by atoms with Crippen molar-refractivity contribution < 1.29 is 0 Å². The lowest BCUT2D eigenvalue weighted by Gasteiger charge is -2.18. The molecule has 0 radical (unpaired) electrons. The molecule has 0 aliphatic heterocycles. The summed E-state index contributed by atoms with van der Waals surface area (Å²) >= 11 is 0. The maximum atomic E-state index is 3.78. The first-order chi connectivity index (χ1) is 9.34. The second-order valence-corrected chi connectivity index (χ2v) is 5.52. The van der Waals surface area contributed by atoms with Crippen LogP contribution in [-0.4, -0.2) is 5.54 Å². The average molecular weight is 288 g/mol. The number of benzene rings is 2. The predicted molar refractivity (Wildman–Crippen MR) is 87.4 cm³/mol. The average Bonchev–Trinajstić information content (AvgIpc) is 3.23. The standard InChI is InChI=1S/C18H21N.ClH/c1-2-18(19-14-15-9-5-3-6-10-15)13-17(18)16-11-7-4-8-12-16;/h3-12,17,19H,2,13-14H2,1H3;1H/t17-,18+;/m0./s1. The van der Waals surface area contributed by atoms with Gasteiger partial charge in [-0.05, 0) is 24.0 Å². The molecule has 106 valence electrons. The van der Waals surface area contributed by atoms with Crippen molar-refractivity contribution in [2.45, 2.75) is 37.8 Å². The van der Waals surface area contributed by atoms with Gasteiger partial charge in [-0.3, -0.25) is 0 Å². The highest BCUT2D eigenvalue weighted by Crippen LogP contribution is 2.53. The molecule has 0 unspecified atom stereocenters. The predicted octanol–water partition coefficient (Wildman–Crippen LogP) is 4.53. The fourth-order valence-corrected chi connectivity index (χ4v) is 3.01. The van der Waals surface area contributed by atoms with Gasteiger partial charge < -0.3 is 5.32 Å². The minimum atomic E-state index is 0. The molecule has 1 aliphatic rings. The maximum Gasteiger partial charge on any atom is 0.0257 e. The third-order valence-corrected chi connectivity index (χ3v) is 4.40. The molecule has 0 heterocycles. The van der Waals surface area contributed by atoms with Crippen LogP contribution in [0.25, 0.3) is 0 Å². The first-order valence-corrected chi connectivity index (χ1v) is 7.18. The molecule has 0 amide bonds. The Morgan fingerprint density at radius 1 is 1.00 bits per heavy atom. The summed E-state index contributed by atoms with van der Waals surface area (Å²) in [6, 6.07) is 21.6. The fourth-order valence-electron chi connectivity index (χ4n) is 3.01. The quantitative estimate of drug-likeness (QED) is 0.852. The van der Waals surface area contributed by atoms with Crippen LogP contribution in [0, 0.1) is 0 Å². The highest BCUT2D eigenvalue weighted by Gasteiger charge is 2.52. The Morgan fingerprint density at radius 3 is 2.20 bits per heavy atom. The van der Waals surface area contributed by atoms with Crippen molar-refractivity contribution in [3.05, 3.63) is 71.8 Å². The van der Waals surface area contributed by atoms with Crippen LogP contribution in [0.15, 0.2) is 60.7 Å². The van der Waals surface area contributed by atoms with E-state index >= 15 is 0 Å². The number of hydrogen-bond acceptors (Lipinski definition) is 1. The molecule has 2 heteroatoms. The Balaban J connectivity index is 0.00000147. The molecule has 0 bridgehead atoms. The Hall–Kier alpha value is -1.31. The van der Waals surface area contributed by atoms with E-state index in [1.54, 1.807) is 0 Å². The molecule has 2 atom stereocenters. The highest BCUT2D eigenvalue weighted by atomic mass is 35.5. The molecule has 2 aromatic rings. The molecular formula is C18H22ClN. The van der Waals surface area contributed by atoms with Gasteiger partial charge in [0.2, 0.25) is 0 Å². The first-order valence-electron chi connectivity index (χ1n) is 7.18. The molecular weight excluding hydrogens is 266 g/mol. The monoisotopic (exact) mass is 287 g/mol. The van der Waals surface area contributed by atoms with Gasteiger partial charge in [0.05, 0.1) is 0 Å². The van der Waals surface area contributed by atoms with Gasteiger partial charge in [-0.15, -0.1) is 12.4 Å². The Kier molecular flexibility index (Phi) is 4.85. The van der Waals surface area contributed by atoms with Crippen LogP contribution >= 0.6 is 12.4 Å². The number of hydrogen-bond donors (Lipinski definition) is 1. The van der Waals surface area contributed by atoms with Gasteiger partial charge in [-0.25, -0.2) is 0 Å². The van der Waals surface area contributed by atoms with Crippen LogP contribution in [0.1, 0.15) is 36.8 Å². The molecule has 1 fully saturated rings. The SMILES string of the molecule is CC[C@@]1(NCc2ccccc2)C[C@H]1c1ccccc1.Cl. The van der Waals surface area contributed by atoms with E-state index in [0.717, 1.165) is 6.54 Å². The summed E-state index contributed by atoms with van der Waals surface area (Å²) < 4.78 is 0. The minimum absolute atomic E-state index is 0. The van der Waals surface area contributed by atoms with Crippen LogP contribution < -0.4 is 5.32 Å². The van der Waals surface area contributed by atoms with E-state index in [4.69, 9.17) is 0 Å². The molecule has 0 saturated heterocycles. The zero-order valence-electron chi connectivity index (χ0n) is 11.9. The van der Waals surface area contributed by atoms with Crippen molar-refractivity contribution in [3.8, 4) is 0 Å². The van der Waals surface area contributed by atoms with E-state index in [0.29, 0.717) is 11.5 Å². The largest absolute Gasteiger partial charge is 0.307 e.